The Balaban J connectivity index is 2.36. The van der Waals surface area contributed by atoms with Crippen LogP contribution in [0.5, 0.6) is 0 Å². The predicted molar refractivity (Wildman–Crippen MR) is 55.0 cm³/mol. The van der Waals surface area contributed by atoms with E-state index in [0.29, 0.717) is 0 Å². The monoisotopic (exact) mass is 197 g/mol. The maximum atomic E-state index is 4.74. The van der Waals surface area contributed by atoms with E-state index in [1.165, 1.54) is 6.26 Å². The van der Waals surface area contributed by atoms with Crippen LogP contribution in [-0.2, 0) is 0 Å². The largest absolute Gasteiger partial charge is 0.345 e. The van der Waals surface area contributed by atoms with Crippen LogP contribution in [0.15, 0.2) is 47.3 Å². The van der Waals surface area contributed by atoms with E-state index in [9.17, 15) is 0 Å². The van der Waals surface area contributed by atoms with Crippen molar-refractivity contribution in [2.24, 2.45) is 0 Å². The Morgan fingerprint density at radius 1 is 1.07 bits per heavy atom. The molecule has 72 valence electrons. The van der Waals surface area contributed by atoms with Crippen molar-refractivity contribution in [3.05, 3.63) is 42.8 Å². The molecule has 0 aliphatic heterocycles. The number of fused-ring (bicyclic) bond motifs is 1. The standard InChI is InChI=1S/C11H7N3O/c1-2-4-10-8(3-1)9(5-6-12-10)11-7-15-14-13-11/h1-7H. The highest BCUT2D eigenvalue weighted by Gasteiger charge is 2.06. The predicted octanol–water partition coefficient (Wildman–Crippen LogP) is 2.28. The highest BCUT2D eigenvalue weighted by Crippen LogP contribution is 2.24. The number of hydrogen-bond acceptors (Lipinski definition) is 4. The Hall–Kier alpha value is -2.23. The third kappa shape index (κ3) is 1.27. The highest BCUT2D eigenvalue weighted by atomic mass is 16.5. The first-order valence-electron chi connectivity index (χ1n) is 4.56. The number of nitrogens with zero attached hydrogens (tertiary/aromatic N) is 3. The molecule has 0 saturated carbocycles. The fraction of sp³-hybridized carbons (Fsp3) is 0. The molecule has 0 unspecified atom stereocenters. The molecule has 0 fully saturated rings. The maximum Gasteiger partial charge on any atom is 0.152 e. The zero-order valence-corrected chi connectivity index (χ0v) is 7.79. The van der Waals surface area contributed by atoms with Crippen molar-refractivity contribution >= 4 is 10.9 Å². The van der Waals surface area contributed by atoms with E-state index in [1.807, 2.05) is 30.3 Å². The summed E-state index contributed by atoms with van der Waals surface area (Å²) in [5.41, 5.74) is 2.66. The molecule has 0 spiro atoms. The molecule has 2 heterocycles. The summed E-state index contributed by atoms with van der Waals surface area (Å²) in [4.78, 5) is 4.27. The number of benzene rings is 1. The van der Waals surface area contributed by atoms with Gasteiger partial charge in [-0.25, -0.2) is 0 Å². The number of para-hydroxylation sites is 1. The van der Waals surface area contributed by atoms with Crippen LogP contribution in [0.2, 0.25) is 0 Å². The van der Waals surface area contributed by atoms with Crippen molar-refractivity contribution in [3.63, 3.8) is 0 Å². The van der Waals surface area contributed by atoms with Gasteiger partial charge in [0.2, 0.25) is 0 Å². The number of rotatable bonds is 1. The minimum absolute atomic E-state index is 0.730. The molecule has 0 radical (unpaired) electrons. The Labute approximate surface area is 85.5 Å². The average Bonchev–Trinajstić information content (AvgIpc) is 2.82. The Bertz CT molecular complexity index is 584. The summed E-state index contributed by atoms with van der Waals surface area (Å²) in [5, 5.41) is 8.40. The topological polar surface area (TPSA) is 51.8 Å². The van der Waals surface area contributed by atoms with Crippen molar-refractivity contribution in [1.82, 2.24) is 15.4 Å². The maximum absolute atomic E-state index is 4.74. The molecular formula is C11H7N3O. The molecular weight excluding hydrogens is 190 g/mol. The van der Waals surface area contributed by atoms with Crippen molar-refractivity contribution in [1.29, 1.82) is 0 Å². The third-order valence-corrected chi connectivity index (χ3v) is 2.29. The van der Waals surface area contributed by atoms with E-state index in [2.05, 4.69) is 15.4 Å². The van der Waals surface area contributed by atoms with E-state index >= 15 is 0 Å². The van der Waals surface area contributed by atoms with E-state index in [4.69, 9.17) is 4.52 Å². The smallest absolute Gasteiger partial charge is 0.152 e. The van der Waals surface area contributed by atoms with Gasteiger partial charge in [0, 0.05) is 22.4 Å². The lowest BCUT2D eigenvalue weighted by molar-refractivity contribution is 0.393. The van der Waals surface area contributed by atoms with Gasteiger partial charge in [-0.15, -0.1) is 5.10 Å². The Morgan fingerprint density at radius 3 is 2.87 bits per heavy atom. The van der Waals surface area contributed by atoms with Gasteiger partial charge in [0.05, 0.1) is 5.52 Å². The zero-order valence-electron chi connectivity index (χ0n) is 7.79. The molecule has 15 heavy (non-hydrogen) atoms. The zero-order chi connectivity index (χ0) is 10.1. The van der Waals surface area contributed by atoms with Crippen molar-refractivity contribution < 1.29 is 4.52 Å². The summed E-state index contributed by atoms with van der Waals surface area (Å²) < 4.78 is 4.74. The van der Waals surface area contributed by atoms with E-state index < -0.39 is 0 Å². The molecule has 0 atom stereocenters. The molecule has 0 aliphatic carbocycles. The van der Waals surface area contributed by atoms with E-state index in [-0.39, 0.29) is 0 Å². The molecule has 0 saturated heterocycles. The van der Waals surface area contributed by atoms with Gasteiger partial charge in [-0.3, -0.25) is 4.98 Å². The van der Waals surface area contributed by atoms with E-state index in [1.54, 1.807) is 6.20 Å². The van der Waals surface area contributed by atoms with Gasteiger partial charge in [0.1, 0.15) is 5.69 Å². The van der Waals surface area contributed by atoms with Crippen LogP contribution in [0.4, 0.5) is 0 Å². The van der Waals surface area contributed by atoms with Crippen LogP contribution < -0.4 is 0 Å². The lowest BCUT2D eigenvalue weighted by atomic mass is 10.1. The van der Waals surface area contributed by atoms with E-state index in [0.717, 1.165) is 22.2 Å². The first-order valence-corrected chi connectivity index (χ1v) is 4.56. The number of pyridine rings is 1. The molecule has 0 bridgehead atoms. The summed E-state index contributed by atoms with van der Waals surface area (Å²) in [6, 6.07) is 9.81. The average molecular weight is 197 g/mol. The third-order valence-electron chi connectivity index (χ3n) is 2.29. The van der Waals surface area contributed by atoms with Gasteiger partial charge in [-0.05, 0) is 12.1 Å². The first-order chi connectivity index (χ1) is 7.45. The second kappa shape index (κ2) is 3.16. The molecule has 4 nitrogen and oxygen atoms in total. The summed E-state index contributed by atoms with van der Waals surface area (Å²) in [6.07, 6.45) is 3.29. The minimum atomic E-state index is 0.730. The Kier molecular flexibility index (Phi) is 1.71. The molecule has 4 heteroatoms. The SMILES string of the molecule is c1ccc2c(-c3conn3)ccnc2c1. The summed E-state index contributed by atoms with van der Waals surface area (Å²) in [7, 11) is 0. The molecule has 2 aromatic heterocycles. The quantitative estimate of drug-likeness (QED) is 0.600. The van der Waals surface area contributed by atoms with Crippen LogP contribution in [0.3, 0.4) is 0 Å². The lowest BCUT2D eigenvalue weighted by Crippen LogP contribution is -1.83. The first kappa shape index (κ1) is 8.11. The molecule has 0 amide bonds. The second-order valence-electron chi connectivity index (χ2n) is 3.17. The summed E-state index contributed by atoms with van der Waals surface area (Å²) >= 11 is 0. The van der Waals surface area contributed by atoms with Crippen LogP contribution in [0.25, 0.3) is 22.2 Å². The van der Waals surface area contributed by atoms with Gasteiger partial charge >= 0.3 is 0 Å². The van der Waals surface area contributed by atoms with Crippen LogP contribution in [0, 0.1) is 0 Å². The van der Waals surface area contributed by atoms with Gasteiger partial charge in [0.25, 0.3) is 0 Å². The van der Waals surface area contributed by atoms with Crippen molar-refractivity contribution in [3.8, 4) is 11.3 Å². The molecule has 3 rings (SSSR count). The second-order valence-corrected chi connectivity index (χ2v) is 3.17. The van der Waals surface area contributed by atoms with Crippen LogP contribution >= 0.6 is 0 Å². The molecule has 1 aromatic carbocycles. The number of aromatic nitrogens is 3. The van der Waals surface area contributed by atoms with Crippen molar-refractivity contribution in [2.75, 3.05) is 0 Å². The summed E-state index contributed by atoms with van der Waals surface area (Å²) in [5.74, 6) is 0. The van der Waals surface area contributed by atoms with Gasteiger partial charge in [-0.1, -0.05) is 18.2 Å². The summed E-state index contributed by atoms with van der Waals surface area (Å²) in [6.45, 7) is 0. The molecule has 3 aromatic rings. The molecule has 0 aliphatic rings. The fourth-order valence-electron chi connectivity index (χ4n) is 1.60. The van der Waals surface area contributed by atoms with Gasteiger partial charge < -0.3 is 4.52 Å². The fourth-order valence-corrected chi connectivity index (χ4v) is 1.60. The van der Waals surface area contributed by atoms with Gasteiger partial charge in [0.15, 0.2) is 6.26 Å². The highest BCUT2D eigenvalue weighted by molar-refractivity contribution is 5.92. The van der Waals surface area contributed by atoms with Crippen LogP contribution in [0.1, 0.15) is 0 Å². The minimum Gasteiger partial charge on any atom is -0.345 e. The lowest BCUT2D eigenvalue weighted by Gasteiger charge is -2.00. The van der Waals surface area contributed by atoms with Crippen molar-refractivity contribution in [2.45, 2.75) is 0 Å². The van der Waals surface area contributed by atoms with Gasteiger partial charge in [-0.2, -0.15) is 0 Å². The normalized spacial score (nSPS) is 10.7. The number of hydrogen-bond donors (Lipinski definition) is 0. The molecule has 0 N–H and O–H groups in total. The Morgan fingerprint density at radius 2 is 2.00 bits per heavy atom. The van der Waals surface area contributed by atoms with Crippen LogP contribution in [-0.4, -0.2) is 15.4 Å².